The van der Waals surface area contributed by atoms with Crippen LogP contribution in [0.25, 0.3) is 11.4 Å². The maximum Gasteiger partial charge on any atom is 0.295 e. The lowest BCUT2D eigenvalue weighted by Crippen LogP contribution is -2.29. The van der Waals surface area contributed by atoms with Gasteiger partial charge in [0.2, 0.25) is 0 Å². The van der Waals surface area contributed by atoms with E-state index >= 15 is 0 Å². The molecule has 4 aromatic rings. The van der Waals surface area contributed by atoms with Crippen molar-refractivity contribution in [1.29, 1.82) is 0 Å². The number of aliphatic hydroxyl groups excluding tert-OH is 1. The molecule has 1 atom stereocenters. The maximum absolute atomic E-state index is 13.6. The molecule has 0 radical (unpaired) electrons. The number of aryl methyl sites for hydroxylation is 2. The summed E-state index contributed by atoms with van der Waals surface area (Å²) < 4.78 is 13.7. The molecule has 1 aromatic carbocycles. The first-order valence-electron chi connectivity index (χ1n) is 13.9. The first-order valence-corrected chi connectivity index (χ1v) is 13.9. The second-order valence-corrected chi connectivity index (χ2v) is 10.1. The number of ether oxygens (including phenoxy) is 2. The van der Waals surface area contributed by atoms with Gasteiger partial charge in [-0.05, 0) is 68.1 Å². The van der Waals surface area contributed by atoms with E-state index in [2.05, 4.69) is 16.9 Å². The summed E-state index contributed by atoms with van der Waals surface area (Å²) in [6.07, 6.45) is 7.05. The molecule has 1 aliphatic heterocycles. The van der Waals surface area contributed by atoms with E-state index in [1.165, 1.54) is 4.90 Å². The van der Waals surface area contributed by atoms with Crippen molar-refractivity contribution in [3.05, 3.63) is 94.7 Å². The Labute approximate surface area is 239 Å². The zero-order chi connectivity index (χ0) is 29.1. The topological polar surface area (TPSA) is 106 Å². The Hall–Kier alpha value is -4.66. The van der Waals surface area contributed by atoms with Crippen molar-refractivity contribution >= 4 is 23.1 Å². The van der Waals surface area contributed by atoms with Gasteiger partial charge < -0.3 is 23.9 Å². The third-order valence-corrected chi connectivity index (χ3v) is 7.26. The van der Waals surface area contributed by atoms with Gasteiger partial charge in [-0.2, -0.15) is 0 Å². The zero-order valence-electron chi connectivity index (χ0n) is 23.8. The Morgan fingerprint density at radius 2 is 1.88 bits per heavy atom. The highest BCUT2D eigenvalue weighted by molar-refractivity contribution is 6.46. The highest BCUT2D eigenvalue weighted by Gasteiger charge is 2.47. The average molecular weight is 555 g/mol. The molecular formula is C32H34N4O5. The van der Waals surface area contributed by atoms with Gasteiger partial charge in [0.05, 0.1) is 30.5 Å². The quantitative estimate of drug-likeness (QED) is 0.119. The highest BCUT2D eigenvalue weighted by Crippen LogP contribution is 2.43. The largest absolute Gasteiger partial charge is 0.505 e. The molecular weight excluding hydrogens is 520 g/mol. The lowest BCUT2D eigenvalue weighted by Gasteiger charge is -2.26. The van der Waals surface area contributed by atoms with Crippen molar-refractivity contribution in [3.63, 3.8) is 0 Å². The molecule has 9 heteroatoms. The summed E-state index contributed by atoms with van der Waals surface area (Å²) in [7, 11) is 0. The van der Waals surface area contributed by atoms with Crippen molar-refractivity contribution in [1.82, 2.24) is 19.3 Å². The predicted molar refractivity (Wildman–Crippen MR) is 155 cm³/mol. The first kappa shape index (κ1) is 27.9. The monoisotopic (exact) mass is 554 g/mol. The zero-order valence-corrected chi connectivity index (χ0v) is 23.8. The summed E-state index contributed by atoms with van der Waals surface area (Å²) >= 11 is 0. The Bertz CT molecular complexity index is 1630. The van der Waals surface area contributed by atoms with E-state index in [4.69, 9.17) is 9.47 Å². The lowest BCUT2D eigenvalue weighted by molar-refractivity contribution is -0.140. The number of amides is 1. The van der Waals surface area contributed by atoms with E-state index in [0.717, 1.165) is 24.0 Å². The highest BCUT2D eigenvalue weighted by atomic mass is 16.5. The number of Topliss-reactive ketones (excluding diaryl/α,β-unsaturated/α-hetero) is 1. The molecule has 0 bridgehead atoms. The molecule has 1 fully saturated rings. The standard InChI is InChI=1S/C32H34N4O5/c1-5-7-16-41-24-13-12-23(17-25(24)40-6-2)28-26(30(38)32(39)36(28)19-22-11-8-14-33-18-22)29(37)27-21(4)35-15-9-10-20(3)31(35)34-27/h8-15,17-18,28,37H,5-7,16,19H2,1-4H3. The Balaban J connectivity index is 1.67. The number of aromatic nitrogens is 3. The normalized spacial score (nSPS) is 16.5. The number of hydrogen-bond acceptors (Lipinski definition) is 7. The van der Waals surface area contributed by atoms with Gasteiger partial charge in [-0.25, -0.2) is 4.98 Å². The molecule has 1 amide bonds. The average Bonchev–Trinajstić information content (AvgIpc) is 3.44. The fourth-order valence-corrected chi connectivity index (χ4v) is 5.16. The van der Waals surface area contributed by atoms with Crippen LogP contribution in [0.2, 0.25) is 0 Å². The van der Waals surface area contributed by atoms with E-state index in [9.17, 15) is 14.7 Å². The van der Waals surface area contributed by atoms with Crippen molar-refractivity contribution in [2.45, 2.75) is 53.1 Å². The smallest absolute Gasteiger partial charge is 0.295 e. The molecule has 0 spiro atoms. The van der Waals surface area contributed by atoms with Crippen LogP contribution in [0.4, 0.5) is 0 Å². The number of fused-ring (bicyclic) bond motifs is 1. The summed E-state index contributed by atoms with van der Waals surface area (Å²) in [6.45, 7) is 8.80. The minimum atomic E-state index is -0.885. The van der Waals surface area contributed by atoms with Gasteiger partial charge in [-0.15, -0.1) is 0 Å². The number of hydrogen-bond donors (Lipinski definition) is 1. The van der Waals surface area contributed by atoms with E-state index in [-0.39, 0.29) is 23.6 Å². The van der Waals surface area contributed by atoms with E-state index < -0.39 is 17.7 Å². The van der Waals surface area contributed by atoms with Gasteiger partial charge >= 0.3 is 0 Å². The number of imidazole rings is 1. The maximum atomic E-state index is 13.6. The number of ketones is 1. The number of carbonyl (C=O) groups excluding carboxylic acids is 2. The van der Waals surface area contributed by atoms with Crippen LogP contribution in [0.1, 0.15) is 60.8 Å². The molecule has 4 heterocycles. The van der Waals surface area contributed by atoms with Gasteiger partial charge in [-0.1, -0.05) is 31.5 Å². The van der Waals surface area contributed by atoms with Crippen LogP contribution in [0.15, 0.2) is 66.6 Å². The Morgan fingerprint density at radius 1 is 1.05 bits per heavy atom. The van der Waals surface area contributed by atoms with Crippen molar-refractivity contribution in [2.24, 2.45) is 0 Å². The molecule has 1 N–H and O–H groups in total. The summed E-state index contributed by atoms with van der Waals surface area (Å²) in [5.41, 5.74) is 3.84. The number of unbranched alkanes of at least 4 members (excludes halogenated alkanes) is 1. The fraction of sp³-hybridized carbons (Fsp3) is 0.312. The van der Waals surface area contributed by atoms with Gasteiger partial charge in [0.25, 0.3) is 11.7 Å². The minimum absolute atomic E-state index is 0.0230. The van der Waals surface area contributed by atoms with Crippen LogP contribution in [0.5, 0.6) is 11.5 Å². The van der Waals surface area contributed by atoms with Crippen molar-refractivity contribution in [3.8, 4) is 11.5 Å². The summed E-state index contributed by atoms with van der Waals surface area (Å²) in [4.78, 5) is 37.5. The number of likely N-dealkylation sites (tertiary alicyclic amines) is 1. The van der Waals surface area contributed by atoms with E-state index in [0.29, 0.717) is 41.6 Å². The molecule has 41 heavy (non-hydrogen) atoms. The summed E-state index contributed by atoms with van der Waals surface area (Å²) in [5, 5.41) is 11.7. The lowest BCUT2D eigenvalue weighted by atomic mass is 9.95. The Morgan fingerprint density at radius 3 is 2.59 bits per heavy atom. The number of aliphatic hydroxyl groups is 1. The second kappa shape index (κ2) is 11.8. The fourth-order valence-electron chi connectivity index (χ4n) is 5.16. The van der Waals surface area contributed by atoms with Crippen molar-refractivity contribution < 1.29 is 24.2 Å². The van der Waals surface area contributed by atoms with E-state index in [1.807, 2.05) is 55.6 Å². The van der Waals surface area contributed by atoms with Crippen LogP contribution in [0.3, 0.4) is 0 Å². The molecule has 1 saturated heterocycles. The Kier molecular flexibility index (Phi) is 8.05. The van der Waals surface area contributed by atoms with Crippen LogP contribution < -0.4 is 9.47 Å². The predicted octanol–water partition coefficient (Wildman–Crippen LogP) is 5.55. The van der Waals surface area contributed by atoms with Crippen molar-refractivity contribution in [2.75, 3.05) is 13.2 Å². The number of nitrogens with zero attached hydrogens (tertiary/aromatic N) is 4. The SMILES string of the molecule is CCCCOc1ccc(C2C(=C(O)c3nc4c(C)cccn4c3C)C(=O)C(=O)N2Cc2cccnc2)cc1OCC. The third-order valence-electron chi connectivity index (χ3n) is 7.26. The second-order valence-electron chi connectivity index (χ2n) is 10.1. The molecule has 9 nitrogen and oxygen atoms in total. The van der Waals surface area contributed by atoms with Gasteiger partial charge in [0.1, 0.15) is 11.3 Å². The van der Waals surface area contributed by atoms with Gasteiger partial charge in [0, 0.05) is 25.1 Å². The molecule has 212 valence electrons. The molecule has 1 aliphatic rings. The molecule has 0 saturated carbocycles. The van der Waals surface area contributed by atoms with Gasteiger partial charge in [0.15, 0.2) is 17.3 Å². The van der Waals surface area contributed by atoms with Crippen LogP contribution in [0, 0.1) is 13.8 Å². The number of pyridine rings is 2. The third kappa shape index (κ3) is 5.27. The molecule has 1 unspecified atom stereocenters. The molecule has 0 aliphatic carbocycles. The number of carbonyl (C=O) groups is 2. The molecule has 3 aromatic heterocycles. The van der Waals surface area contributed by atoms with E-state index in [1.54, 1.807) is 30.6 Å². The van der Waals surface area contributed by atoms with Crippen LogP contribution in [-0.2, 0) is 16.1 Å². The number of benzene rings is 1. The minimum Gasteiger partial charge on any atom is -0.505 e. The summed E-state index contributed by atoms with van der Waals surface area (Å²) in [5.74, 6) is -0.707. The van der Waals surface area contributed by atoms with Gasteiger partial charge in [-0.3, -0.25) is 14.6 Å². The summed E-state index contributed by atoms with van der Waals surface area (Å²) in [6, 6.07) is 11.9. The molecule has 5 rings (SSSR count). The first-order chi connectivity index (χ1) is 19.8. The number of rotatable bonds is 10. The van der Waals surface area contributed by atoms with Crippen LogP contribution >= 0.6 is 0 Å². The van der Waals surface area contributed by atoms with Crippen LogP contribution in [-0.4, -0.2) is 49.3 Å².